The third kappa shape index (κ3) is 3.41. The number of rotatable bonds is 5. The minimum atomic E-state index is -0.140. The molecule has 1 aliphatic rings. The largest absolute Gasteiger partial charge is 0.382 e. The molecule has 0 unspecified atom stereocenters. The molecule has 116 valence electrons. The second kappa shape index (κ2) is 7.07. The third-order valence-corrected chi connectivity index (χ3v) is 3.85. The molecule has 0 N–H and O–H groups in total. The number of nitrogens with zero attached hydrogens (tertiary/aromatic N) is 1. The molecular formula is C20H19NO2. The molecule has 0 spiro atoms. The first-order valence-electron chi connectivity index (χ1n) is 7.61. The van der Waals surface area contributed by atoms with Crippen molar-refractivity contribution in [3.05, 3.63) is 89.6 Å². The van der Waals surface area contributed by atoms with Crippen LogP contribution in [0.4, 0.5) is 0 Å². The van der Waals surface area contributed by atoms with Crippen molar-refractivity contribution in [2.45, 2.75) is 6.04 Å². The van der Waals surface area contributed by atoms with Gasteiger partial charge in [-0.05, 0) is 23.3 Å². The van der Waals surface area contributed by atoms with E-state index in [4.69, 9.17) is 4.74 Å². The molecule has 0 saturated carbocycles. The normalized spacial score (nSPS) is 17.0. The van der Waals surface area contributed by atoms with Gasteiger partial charge in [0, 0.05) is 18.9 Å². The number of hydrogen-bond acceptors (Lipinski definition) is 2. The SMILES string of the molecule is COC[C@@H](c1ccccc1)N1C(=O)C=CC1=Cc1ccccc1. The average Bonchev–Trinajstić information content (AvgIpc) is 2.95. The molecule has 0 radical (unpaired) electrons. The number of hydrogen-bond donors (Lipinski definition) is 0. The summed E-state index contributed by atoms with van der Waals surface area (Å²) in [5.41, 5.74) is 3.01. The number of carbonyl (C=O) groups excluding carboxylic acids is 1. The highest BCUT2D eigenvalue weighted by atomic mass is 16.5. The molecule has 0 aromatic heterocycles. The van der Waals surface area contributed by atoms with Gasteiger partial charge in [0.25, 0.3) is 5.91 Å². The number of carbonyl (C=O) groups is 1. The van der Waals surface area contributed by atoms with Gasteiger partial charge in [0.1, 0.15) is 0 Å². The Balaban J connectivity index is 1.97. The first-order chi connectivity index (χ1) is 11.3. The zero-order chi connectivity index (χ0) is 16.1. The first-order valence-corrected chi connectivity index (χ1v) is 7.61. The molecule has 23 heavy (non-hydrogen) atoms. The van der Waals surface area contributed by atoms with Crippen molar-refractivity contribution in [2.24, 2.45) is 0 Å². The fraction of sp³-hybridized carbons (Fsp3) is 0.150. The highest BCUT2D eigenvalue weighted by Gasteiger charge is 2.29. The summed E-state index contributed by atoms with van der Waals surface area (Å²) in [7, 11) is 1.66. The molecule has 1 heterocycles. The molecule has 2 aromatic carbocycles. The van der Waals surface area contributed by atoms with Crippen LogP contribution in [0.2, 0.25) is 0 Å². The van der Waals surface area contributed by atoms with Gasteiger partial charge in [-0.25, -0.2) is 0 Å². The quantitative estimate of drug-likeness (QED) is 0.840. The molecule has 1 atom stereocenters. The Morgan fingerprint density at radius 1 is 1.00 bits per heavy atom. The highest BCUT2D eigenvalue weighted by molar-refractivity contribution is 5.94. The predicted octanol–water partition coefficient (Wildman–Crippen LogP) is 3.81. The van der Waals surface area contributed by atoms with Crippen molar-refractivity contribution in [3.8, 4) is 0 Å². The molecular weight excluding hydrogens is 286 g/mol. The zero-order valence-electron chi connectivity index (χ0n) is 13.1. The first kappa shape index (κ1) is 15.3. The Morgan fingerprint density at radius 2 is 1.65 bits per heavy atom. The maximum Gasteiger partial charge on any atom is 0.251 e. The van der Waals surface area contributed by atoms with Gasteiger partial charge in [0.15, 0.2) is 0 Å². The van der Waals surface area contributed by atoms with Crippen molar-refractivity contribution in [1.29, 1.82) is 0 Å². The van der Waals surface area contributed by atoms with Crippen LogP contribution in [0.1, 0.15) is 17.2 Å². The van der Waals surface area contributed by atoms with Crippen molar-refractivity contribution < 1.29 is 9.53 Å². The van der Waals surface area contributed by atoms with E-state index in [-0.39, 0.29) is 11.9 Å². The monoisotopic (exact) mass is 305 g/mol. The number of methoxy groups -OCH3 is 1. The minimum Gasteiger partial charge on any atom is -0.382 e. The molecule has 3 rings (SSSR count). The van der Waals surface area contributed by atoms with Crippen molar-refractivity contribution in [3.63, 3.8) is 0 Å². The second-order valence-corrected chi connectivity index (χ2v) is 5.40. The van der Waals surface area contributed by atoms with E-state index in [9.17, 15) is 4.79 Å². The fourth-order valence-corrected chi connectivity index (χ4v) is 2.77. The lowest BCUT2D eigenvalue weighted by Crippen LogP contribution is -2.32. The summed E-state index contributed by atoms with van der Waals surface area (Å²) in [5.74, 6) is -0.0157. The summed E-state index contributed by atoms with van der Waals surface area (Å²) >= 11 is 0. The molecule has 1 aliphatic heterocycles. The number of amides is 1. The van der Waals surface area contributed by atoms with Gasteiger partial charge in [-0.15, -0.1) is 0 Å². The van der Waals surface area contributed by atoms with E-state index < -0.39 is 0 Å². The molecule has 1 amide bonds. The molecule has 3 heteroatoms. The van der Waals surface area contributed by atoms with Crippen LogP contribution in [0.3, 0.4) is 0 Å². The molecule has 0 saturated heterocycles. The van der Waals surface area contributed by atoms with Crippen LogP contribution in [0.25, 0.3) is 6.08 Å². The van der Waals surface area contributed by atoms with Crippen LogP contribution in [0.5, 0.6) is 0 Å². The summed E-state index contributed by atoms with van der Waals surface area (Å²) in [6.07, 6.45) is 5.49. The van der Waals surface area contributed by atoms with Crippen LogP contribution in [-0.4, -0.2) is 24.5 Å². The summed E-state index contributed by atoms with van der Waals surface area (Å²) in [5, 5.41) is 0. The Labute approximate surface area is 136 Å². The molecule has 0 bridgehead atoms. The van der Waals surface area contributed by atoms with Gasteiger partial charge in [0.2, 0.25) is 0 Å². The van der Waals surface area contributed by atoms with Gasteiger partial charge >= 0.3 is 0 Å². The highest BCUT2D eigenvalue weighted by Crippen LogP contribution is 2.30. The lowest BCUT2D eigenvalue weighted by molar-refractivity contribution is -0.126. The predicted molar refractivity (Wildman–Crippen MR) is 91.5 cm³/mol. The Hall–Kier alpha value is -2.65. The van der Waals surface area contributed by atoms with E-state index in [0.29, 0.717) is 6.61 Å². The lowest BCUT2D eigenvalue weighted by atomic mass is 10.1. The van der Waals surface area contributed by atoms with E-state index in [1.54, 1.807) is 18.1 Å². The van der Waals surface area contributed by atoms with Crippen molar-refractivity contribution in [2.75, 3.05) is 13.7 Å². The Bertz CT molecular complexity index is 720. The van der Waals surface area contributed by atoms with Crippen molar-refractivity contribution >= 4 is 12.0 Å². The fourth-order valence-electron chi connectivity index (χ4n) is 2.77. The van der Waals surface area contributed by atoms with Gasteiger partial charge in [0.05, 0.1) is 12.6 Å². The molecule has 0 aliphatic carbocycles. The number of benzene rings is 2. The van der Waals surface area contributed by atoms with E-state index >= 15 is 0 Å². The average molecular weight is 305 g/mol. The summed E-state index contributed by atoms with van der Waals surface area (Å²) in [4.78, 5) is 14.2. The topological polar surface area (TPSA) is 29.5 Å². The van der Waals surface area contributed by atoms with Crippen LogP contribution in [0, 0.1) is 0 Å². The Kier molecular flexibility index (Phi) is 4.69. The van der Waals surface area contributed by atoms with Crippen LogP contribution < -0.4 is 0 Å². The van der Waals surface area contributed by atoms with Crippen LogP contribution >= 0.6 is 0 Å². The minimum absolute atomic E-state index is 0.0157. The number of ether oxygens (including phenoxy) is 1. The van der Waals surface area contributed by atoms with Gasteiger partial charge in [-0.1, -0.05) is 60.7 Å². The summed E-state index contributed by atoms with van der Waals surface area (Å²) < 4.78 is 5.37. The smallest absolute Gasteiger partial charge is 0.251 e. The second-order valence-electron chi connectivity index (χ2n) is 5.40. The zero-order valence-corrected chi connectivity index (χ0v) is 13.1. The maximum atomic E-state index is 12.4. The maximum absolute atomic E-state index is 12.4. The van der Waals surface area contributed by atoms with E-state index in [1.807, 2.05) is 72.8 Å². The number of allylic oxidation sites excluding steroid dienone is 1. The van der Waals surface area contributed by atoms with E-state index in [2.05, 4.69) is 0 Å². The van der Waals surface area contributed by atoms with E-state index in [0.717, 1.165) is 16.8 Å². The molecule has 2 aromatic rings. The van der Waals surface area contributed by atoms with Crippen LogP contribution in [-0.2, 0) is 9.53 Å². The lowest BCUT2D eigenvalue weighted by Gasteiger charge is -2.29. The molecule has 0 fully saturated rings. The standard InChI is InChI=1S/C20H19NO2/c1-23-15-19(17-10-6-3-7-11-17)21-18(12-13-20(21)22)14-16-8-4-2-5-9-16/h2-14,19H,15H2,1H3/t19-/m0/s1. The Morgan fingerprint density at radius 3 is 2.30 bits per heavy atom. The third-order valence-electron chi connectivity index (χ3n) is 3.85. The molecule has 3 nitrogen and oxygen atoms in total. The van der Waals surface area contributed by atoms with Gasteiger partial charge < -0.3 is 4.74 Å². The van der Waals surface area contributed by atoms with Gasteiger partial charge in [-0.3, -0.25) is 9.69 Å². The van der Waals surface area contributed by atoms with Crippen LogP contribution in [0.15, 0.2) is 78.5 Å². The van der Waals surface area contributed by atoms with Gasteiger partial charge in [-0.2, -0.15) is 0 Å². The summed E-state index contributed by atoms with van der Waals surface area (Å²) in [6, 6.07) is 19.8. The van der Waals surface area contributed by atoms with Crippen molar-refractivity contribution in [1.82, 2.24) is 4.90 Å². The summed E-state index contributed by atoms with van der Waals surface area (Å²) in [6.45, 7) is 0.448. The van der Waals surface area contributed by atoms with E-state index in [1.165, 1.54) is 0 Å².